The average Bonchev–Trinajstić information content (AvgIpc) is 3.32. The molecule has 0 saturated heterocycles. The minimum atomic E-state index is 1.11. The third-order valence-electron chi connectivity index (χ3n) is 11.9. The molecule has 0 unspecified atom stereocenters. The highest BCUT2D eigenvalue weighted by atomic mass is 15.1. The lowest BCUT2D eigenvalue weighted by Crippen LogP contribution is -2.09. The first-order valence-corrected chi connectivity index (χ1v) is 20.3. The fourth-order valence-electron chi connectivity index (χ4n) is 8.90. The van der Waals surface area contributed by atoms with Crippen LogP contribution >= 0.6 is 0 Å². The Kier molecular flexibility index (Phi) is 8.56. The standard InChI is InChI=1S/C58H39N/c1-2-14-48(15-3-1)59(49-34-30-42(31-35-49)40-22-26-44(27-23-40)57-38-46-12-4-6-16-51(46)53-18-8-10-20-55(53)57)50-36-32-43(33-37-50)41-24-28-45(29-25-41)58-39-47-13-5-7-17-52(47)54-19-9-11-21-56(54)58/h1-39H. The van der Waals surface area contributed by atoms with Crippen molar-refractivity contribution in [2.75, 3.05) is 4.90 Å². The molecule has 1 heteroatoms. The van der Waals surface area contributed by atoms with E-state index in [1.807, 2.05) is 0 Å². The molecule has 0 N–H and O–H groups in total. The van der Waals surface area contributed by atoms with E-state index in [0.717, 1.165) is 17.1 Å². The lowest BCUT2D eigenvalue weighted by atomic mass is 9.92. The normalized spacial score (nSPS) is 11.4. The Hall–Kier alpha value is -7.74. The van der Waals surface area contributed by atoms with Crippen molar-refractivity contribution in [2.24, 2.45) is 0 Å². The van der Waals surface area contributed by atoms with Crippen molar-refractivity contribution >= 4 is 60.2 Å². The summed E-state index contributed by atoms with van der Waals surface area (Å²) in [4.78, 5) is 2.33. The van der Waals surface area contributed by atoms with Crippen LogP contribution in [0.3, 0.4) is 0 Å². The summed E-state index contributed by atoms with van der Waals surface area (Å²) < 4.78 is 0. The van der Waals surface area contributed by atoms with Gasteiger partial charge in [-0.25, -0.2) is 0 Å². The van der Waals surface area contributed by atoms with Crippen molar-refractivity contribution in [3.8, 4) is 44.5 Å². The summed E-state index contributed by atoms with van der Waals surface area (Å²) in [7, 11) is 0. The molecule has 1 nitrogen and oxygen atoms in total. The van der Waals surface area contributed by atoms with E-state index in [0.29, 0.717) is 0 Å². The number of hydrogen-bond acceptors (Lipinski definition) is 1. The Bertz CT molecular complexity index is 3070. The molecule has 0 spiro atoms. The van der Waals surface area contributed by atoms with Crippen LogP contribution in [-0.4, -0.2) is 0 Å². The Morgan fingerprint density at radius 2 is 0.492 bits per heavy atom. The topological polar surface area (TPSA) is 3.24 Å². The second-order valence-electron chi connectivity index (χ2n) is 15.3. The van der Waals surface area contributed by atoms with Crippen molar-refractivity contribution in [2.45, 2.75) is 0 Å². The molecule has 0 atom stereocenters. The summed E-state index contributed by atoms with van der Waals surface area (Å²) in [6, 6.07) is 86.0. The van der Waals surface area contributed by atoms with Crippen LogP contribution in [0.5, 0.6) is 0 Å². The van der Waals surface area contributed by atoms with Gasteiger partial charge in [0.15, 0.2) is 0 Å². The van der Waals surface area contributed by atoms with E-state index in [4.69, 9.17) is 0 Å². The van der Waals surface area contributed by atoms with Gasteiger partial charge in [0.25, 0.3) is 0 Å². The molecule has 11 aromatic carbocycles. The summed E-state index contributed by atoms with van der Waals surface area (Å²) in [6.45, 7) is 0. The average molecular weight is 750 g/mol. The molecule has 0 radical (unpaired) electrons. The molecule has 11 aromatic rings. The van der Waals surface area contributed by atoms with E-state index < -0.39 is 0 Å². The molecule has 11 rings (SSSR count). The molecule has 0 aliphatic heterocycles. The van der Waals surface area contributed by atoms with Crippen LogP contribution in [0.1, 0.15) is 0 Å². The molecule has 59 heavy (non-hydrogen) atoms. The maximum absolute atomic E-state index is 2.33. The molecule has 0 heterocycles. The molecule has 276 valence electrons. The number of para-hydroxylation sites is 1. The number of nitrogens with zero attached hydrogens (tertiary/aromatic N) is 1. The van der Waals surface area contributed by atoms with Gasteiger partial charge >= 0.3 is 0 Å². The zero-order valence-corrected chi connectivity index (χ0v) is 32.5. The maximum Gasteiger partial charge on any atom is 0.0462 e. The Labute approximate surface area is 344 Å². The quantitative estimate of drug-likeness (QED) is 0.147. The molecule has 0 amide bonds. The maximum atomic E-state index is 2.33. The van der Waals surface area contributed by atoms with Crippen LogP contribution in [0.4, 0.5) is 17.1 Å². The predicted octanol–water partition coefficient (Wildman–Crippen LogP) is 16.4. The third-order valence-corrected chi connectivity index (χ3v) is 11.9. The molecular formula is C58H39N. The van der Waals surface area contributed by atoms with Crippen molar-refractivity contribution < 1.29 is 0 Å². The van der Waals surface area contributed by atoms with Crippen molar-refractivity contribution in [3.05, 3.63) is 237 Å². The highest BCUT2D eigenvalue weighted by Gasteiger charge is 2.15. The first-order chi connectivity index (χ1) is 29.2. The van der Waals surface area contributed by atoms with Gasteiger partial charge in [0, 0.05) is 17.1 Å². The van der Waals surface area contributed by atoms with Gasteiger partial charge in [0.1, 0.15) is 0 Å². The SMILES string of the molecule is c1ccc(N(c2ccc(-c3ccc(-c4cc5ccccc5c5ccccc45)cc3)cc2)c2ccc(-c3ccc(-c4cc5ccccc5c5ccccc45)cc3)cc2)cc1. The zero-order chi connectivity index (χ0) is 39.1. The second-order valence-corrected chi connectivity index (χ2v) is 15.3. The molecule has 0 aromatic heterocycles. The van der Waals surface area contributed by atoms with E-state index in [1.54, 1.807) is 0 Å². The lowest BCUT2D eigenvalue weighted by molar-refractivity contribution is 1.28. The number of benzene rings is 11. The monoisotopic (exact) mass is 749 g/mol. The van der Waals surface area contributed by atoms with Gasteiger partial charge in [-0.15, -0.1) is 0 Å². The number of hydrogen-bond donors (Lipinski definition) is 0. The van der Waals surface area contributed by atoms with E-state index >= 15 is 0 Å². The van der Waals surface area contributed by atoms with E-state index in [-0.39, 0.29) is 0 Å². The van der Waals surface area contributed by atoms with E-state index in [1.165, 1.54) is 87.6 Å². The summed E-state index contributed by atoms with van der Waals surface area (Å²) in [5, 5.41) is 10.2. The van der Waals surface area contributed by atoms with Gasteiger partial charge in [0.05, 0.1) is 0 Å². The van der Waals surface area contributed by atoms with Crippen LogP contribution in [0, 0.1) is 0 Å². The largest absolute Gasteiger partial charge is 0.311 e. The summed E-state index contributed by atoms with van der Waals surface area (Å²) in [5.74, 6) is 0. The Morgan fingerprint density at radius 1 is 0.203 bits per heavy atom. The third kappa shape index (κ3) is 6.30. The molecule has 0 aliphatic rings. The first kappa shape index (κ1) is 34.5. The fraction of sp³-hybridized carbons (Fsp3) is 0. The van der Waals surface area contributed by atoms with Crippen molar-refractivity contribution in [3.63, 3.8) is 0 Å². The summed E-state index contributed by atoms with van der Waals surface area (Å²) in [5.41, 5.74) is 13.1. The Morgan fingerprint density at radius 3 is 0.898 bits per heavy atom. The highest BCUT2D eigenvalue weighted by Crippen LogP contribution is 2.40. The Balaban J connectivity index is 0.874. The van der Waals surface area contributed by atoms with Gasteiger partial charge in [-0.3, -0.25) is 0 Å². The van der Waals surface area contributed by atoms with Gasteiger partial charge < -0.3 is 4.90 Å². The number of anilines is 3. The number of rotatable bonds is 7. The molecule has 0 fully saturated rings. The van der Waals surface area contributed by atoms with Gasteiger partial charge in [-0.2, -0.15) is 0 Å². The number of fused-ring (bicyclic) bond motifs is 6. The first-order valence-electron chi connectivity index (χ1n) is 20.3. The zero-order valence-electron chi connectivity index (χ0n) is 32.5. The summed E-state index contributed by atoms with van der Waals surface area (Å²) in [6.07, 6.45) is 0. The fourth-order valence-corrected chi connectivity index (χ4v) is 8.90. The van der Waals surface area contributed by atoms with Crippen LogP contribution in [0.2, 0.25) is 0 Å². The van der Waals surface area contributed by atoms with Crippen LogP contribution in [0.25, 0.3) is 87.6 Å². The van der Waals surface area contributed by atoms with Gasteiger partial charge in [-0.1, -0.05) is 188 Å². The minimum absolute atomic E-state index is 1.11. The summed E-state index contributed by atoms with van der Waals surface area (Å²) >= 11 is 0. The van der Waals surface area contributed by atoms with Crippen LogP contribution in [0.15, 0.2) is 237 Å². The van der Waals surface area contributed by atoms with E-state index in [2.05, 4.69) is 241 Å². The molecule has 0 saturated carbocycles. The van der Waals surface area contributed by atoms with Crippen LogP contribution in [-0.2, 0) is 0 Å². The highest BCUT2D eigenvalue weighted by molar-refractivity contribution is 6.15. The minimum Gasteiger partial charge on any atom is -0.311 e. The smallest absolute Gasteiger partial charge is 0.0462 e. The van der Waals surface area contributed by atoms with Crippen molar-refractivity contribution in [1.82, 2.24) is 0 Å². The molecule has 0 aliphatic carbocycles. The van der Waals surface area contributed by atoms with E-state index in [9.17, 15) is 0 Å². The predicted molar refractivity (Wildman–Crippen MR) is 253 cm³/mol. The van der Waals surface area contributed by atoms with Gasteiger partial charge in [0.2, 0.25) is 0 Å². The van der Waals surface area contributed by atoms with Crippen molar-refractivity contribution in [1.29, 1.82) is 0 Å². The molecular weight excluding hydrogens is 711 g/mol. The van der Waals surface area contributed by atoms with Crippen LogP contribution < -0.4 is 4.90 Å². The lowest BCUT2D eigenvalue weighted by Gasteiger charge is -2.26. The molecule has 0 bridgehead atoms. The van der Waals surface area contributed by atoms with Gasteiger partial charge in [-0.05, 0) is 136 Å². The second kappa shape index (κ2) is 14.6.